The fraction of sp³-hybridized carbons (Fsp3) is 0.704. The highest BCUT2D eigenvalue weighted by molar-refractivity contribution is 5.78. The molecule has 0 bridgehead atoms. The van der Waals surface area contributed by atoms with E-state index in [1.807, 2.05) is 0 Å². The summed E-state index contributed by atoms with van der Waals surface area (Å²) in [6.45, 7) is 5.63. The fourth-order valence-electron chi connectivity index (χ4n) is 6.30. The summed E-state index contributed by atoms with van der Waals surface area (Å²) in [4.78, 5) is 5.30. The summed E-state index contributed by atoms with van der Waals surface area (Å²) in [5.74, 6) is 2.64. The highest BCUT2D eigenvalue weighted by atomic mass is 16.5. The van der Waals surface area contributed by atoms with Gasteiger partial charge in [-0.15, -0.1) is 0 Å². The smallest absolute Gasteiger partial charge is 0.163 e. The lowest BCUT2D eigenvalue weighted by Crippen LogP contribution is -2.40. The van der Waals surface area contributed by atoms with Crippen LogP contribution in [-0.2, 0) is 0 Å². The van der Waals surface area contributed by atoms with Crippen molar-refractivity contribution in [1.29, 1.82) is 0 Å². The van der Waals surface area contributed by atoms with Crippen LogP contribution in [-0.4, -0.2) is 50.8 Å². The predicted molar refractivity (Wildman–Crippen MR) is 128 cm³/mol. The summed E-state index contributed by atoms with van der Waals surface area (Å²) in [6.07, 6.45) is 17.2. The number of nitrogens with zero attached hydrogens (tertiary/aromatic N) is 2. The SMILES string of the molecule is COc1cc2c(cc1OCCCN1CCCC1)N(CC1CCCCC1)C1CCCC1=C2. The molecule has 1 aromatic rings. The van der Waals surface area contributed by atoms with Crippen molar-refractivity contribution in [3.63, 3.8) is 0 Å². The largest absolute Gasteiger partial charge is 0.493 e. The van der Waals surface area contributed by atoms with Gasteiger partial charge < -0.3 is 19.3 Å². The van der Waals surface area contributed by atoms with Crippen LogP contribution in [0.1, 0.15) is 76.2 Å². The van der Waals surface area contributed by atoms with Crippen LogP contribution in [0.25, 0.3) is 6.08 Å². The lowest BCUT2D eigenvalue weighted by atomic mass is 9.87. The summed E-state index contributed by atoms with van der Waals surface area (Å²) in [5, 5.41) is 0. The molecule has 4 aliphatic rings. The number of rotatable bonds is 8. The number of ether oxygens (including phenoxy) is 2. The van der Waals surface area contributed by atoms with E-state index in [1.54, 1.807) is 12.7 Å². The van der Waals surface area contributed by atoms with Crippen LogP contribution >= 0.6 is 0 Å². The summed E-state index contributed by atoms with van der Waals surface area (Å²) in [7, 11) is 1.77. The summed E-state index contributed by atoms with van der Waals surface area (Å²) in [5.41, 5.74) is 4.33. The van der Waals surface area contributed by atoms with Gasteiger partial charge in [-0.2, -0.15) is 0 Å². The molecule has 170 valence electrons. The second kappa shape index (κ2) is 9.85. The van der Waals surface area contributed by atoms with E-state index >= 15 is 0 Å². The minimum atomic E-state index is 0.603. The number of hydrogen-bond donors (Lipinski definition) is 0. The van der Waals surface area contributed by atoms with Crippen LogP contribution in [0.15, 0.2) is 17.7 Å². The zero-order valence-corrected chi connectivity index (χ0v) is 19.4. The molecule has 31 heavy (non-hydrogen) atoms. The van der Waals surface area contributed by atoms with Crippen molar-refractivity contribution in [2.45, 2.75) is 76.7 Å². The van der Waals surface area contributed by atoms with Gasteiger partial charge in [0.2, 0.25) is 0 Å². The molecular formula is C27H40N2O2. The van der Waals surface area contributed by atoms with Crippen molar-refractivity contribution in [2.75, 3.05) is 44.8 Å². The molecule has 0 radical (unpaired) electrons. The van der Waals surface area contributed by atoms with Crippen molar-refractivity contribution < 1.29 is 9.47 Å². The Morgan fingerprint density at radius 1 is 0.935 bits per heavy atom. The average molecular weight is 425 g/mol. The number of likely N-dealkylation sites (tertiary alicyclic amines) is 1. The first-order chi connectivity index (χ1) is 15.3. The minimum Gasteiger partial charge on any atom is -0.493 e. The maximum Gasteiger partial charge on any atom is 0.163 e. The first-order valence-electron chi connectivity index (χ1n) is 12.9. The first-order valence-corrected chi connectivity index (χ1v) is 12.9. The zero-order valence-electron chi connectivity index (χ0n) is 19.4. The molecule has 0 N–H and O–H groups in total. The van der Waals surface area contributed by atoms with Gasteiger partial charge in [0.1, 0.15) is 0 Å². The van der Waals surface area contributed by atoms with Crippen molar-refractivity contribution in [2.24, 2.45) is 5.92 Å². The van der Waals surface area contributed by atoms with Crippen LogP contribution in [0, 0.1) is 5.92 Å². The van der Waals surface area contributed by atoms with Gasteiger partial charge in [-0.25, -0.2) is 0 Å². The van der Waals surface area contributed by atoms with E-state index in [0.29, 0.717) is 6.04 Å². The lowest BCUT2D eigenvalue weighted by Gasteiger charge is -2.40. The molecule has 2 aliphatic heterocycles. The summed E-state index contributed by atoms with van der Waals surface area (Å²) < 4.78 is 12.1. The molecule has 1 saturated heterocycles. The fourth-order valence-corrected chi connectivity index (χ4v) is 6.30. The van der Waals surface area contributed by atoms with Crippen molar-refractivity contribution in [3.8, 4) is 11.5 Å². The maximum absolute atomic E-state index is 6.30. The maximum atomic E-state index is 6.30. The Kier molecular flexibility index (Phi) is 6.73. The Hall–Kier alpha value is -1.68. The van der Waals surface area contributed by atoms with E-state index < -0.39 is 0 Å². The summed E-state index contributed by atoms with van der Waals surface area (Å²) >= 11 is 0. The van der Waals surface area contributed by atoms with Crippen molar-refractivity contribution >= 4 is 11.8 Å². The molecule has 1 atom stereocenters. The molecule has 2 aliphatic carbocycles. The number of methoxy groups -OCH3 is 1. The van der Waals surface area contributed by atoms with Gasteiger partial charge in [-0.1, -0.05) is 25.3 Å². The average Bonchev–Trinajstić information content (AvgIpc) is 3.49. The van der Waals surface area contributed by atoms with E-state index in [4.69, 9.17) is 9.47 Å². The van der Waals surface area contributed by atoms with Gasteiger partial charge >= 0.3 is 0 Å². The van der Waals surface area contributed by atoms with Crippen LogP contribution in [0.5, 0.6) is 11.5 Å². The molecular weight excluding hydrogens is 384 g/mol. The van der Waals surface area contributed by atoms with Crippen molar-refractivity contribution in [3.05, 3.63) is 23.3 Å². The monoisotopic (exact) mass is 424 g/mol. The van der Waals surface area contributed by atoms with E-state index in [-0.39, 0.29) is 0 Å². The van der Waals surface area contributed by atoms with E-state index in [0.717, 1.165) is 37.0 Å². The van der Waals surface area contributed by atoms with Gasteiger partial charge in [0.05, 0.1) is 19.8 Å². The molecule has 2 saturated carbocycles. The molecule has 2 heterocycles. The Balaban J connectivity index is 1.34. The Morgan fingerprint density at radius 2 is 1.77 bits per heavy atom. The lowest BCUT2D eigenvalue weighted by molar-refractivity contribution is 0.254. The molecule has 1 unspecified atom stereocenters. The number of hydrogen-bond acceptors (Lipinski definition) is 4. The van der Waals surface area contributed by atoms with Gasteiger partial charge in [0.15, 0.2) is 11.5 Å². The van der Waals surface area contributed by atoms with Crippen LogP contribution in [0.3, 0.4) is 0 Å². The third-order valence-electron chi connectivity index (χ3n) is 7.97. The quantitative estimate of drug-likeness (QED) is 0.485. The highest BCUT2D eigenvalue weighted by Gasteiger charge is 2.34. The molecule has 0 amide bonds. The zero-order chi connectivity index (χ0) is 21.0. The second-order valence-electron chi connectivity index (χ2n) is 10.1. The standard InChI is InChI=1S/C27H40N2O2/c1-30-26-18-23-17-22-11-7-12-24(22)29(20-21-9-3-2-4-10-21)25(23)19-27(26)31-16-8-15-28-13-5-6-14-28/h17-19,21,24H,2-16,20H2,1H3. The number of fused-ring (bicyclic) bond motifs is 2. The molecule has 1 aromatic carbocycles. The number of benzene rings is 1. The normalized spacial score (nSPS) is 24.1. The van der Waals surface area contributed by atoms with Crippen molar-refractivity contribution in [1.82, 2.24) is 4.90 Å². The van der Waals surface area contributed by atoms with Crippen LogP contribution in [0.4, 0.5) is 5.69 Å². The third kappa shape index (κ3) is 4.74. The van der Waals surface area contributed by atoms with E-state index in [2.05, 4.69) is 28.0 Å². The van der Waals surface area contributed by atoms with Gasteiger partial charge in [0, 0.05) is 30.4 Å². The van der Waals surface area contributed by atoms with Crippen LogP contribution in [0.2, 0.25) is 0 Å². The first kappa shape index (κ1) is 21.2. The van der Waals surface area contributed by atoms with Crippen LogP contribution < -0.4 is 14.4 Å². The highest BCUT2D eigenvalue weighted by Crippen LogP contribution is 2.45. The predicted octanol–water partition coefficient (Wildman–Crippen LogP) is 5.90. The summed E-state index contributed by atoms with van der Waals surface area (Å²) in [6, 6.07) is 5.12. The van der Waals surface area contributed by atoms with Gasteiger partial charge in [-0.05, 0) is 82.0 Å². The second-order valence-corrected chi connectivity index (χ2v) is 10.1. The molecule has 4 heteroatoms. The molecule has 4 nitrogen and oxygen atoms in total. The van der Waals surface area contributed by atoms with Gasteiger partial charge in [0.25, 0.3) is 0 Å². The van der Waals surface area contributed by atoms with E-state index in [9.17, 15) is 0 Å². The Bertz CT molecular complexity index is 778. The Labute approximate surface area is 188 Å². The van der Waals surface area contributed by atoms with Gasteiger partial charge in [-0.3, -0.25) is 0 Å². The third-order valence-corrected chi connectivity index (χ3v) is 7.97. The Morgan fingerprint density at radius 3 is 2.58 bits per heavy atom. The molecule has 3 fully saturated rings. The topological polar surface area (TPSA) is 24.9 Å². The van der Waals surface area contributed by atoms with E-state index in [1.165, 1.54) is 95.1 Å². The minimum absolute atomic E-state index is 0.603. The molecule has 0 aromatic heterocycles. The number of anilines is 1. The molecule has 0 spiro atoms. The molecule has 5 rings (SSSR count).